The molecule has 0 unspecified atom stereocenters. The Kier molecular flexibility index (Phi) is 6.26. The van der Waals surface area contributed by atoms with Gasteiger partial charge in [0.2, 0.25) is 0 Å². The molecule has 0 spiro atoms. The first kappa shape index (κ1) is 21.1. The lowest BCUT2D eigenvalue weighted by atomic mass is 10.1. The minimum absolute atomic E-state index is 0.207. The minimum atomic E-state index is -3.52. The van der Waals surface area contributed by atoms with Crippen LogP contribution in [0, 0.1) is 0 Å². The summed E-state index contributed by atoms with van der Waals surface area (Å²) in [4.78, 5) is 15.6. The highest BCUT2D eigenvalue weighted by atomic mass is 35.5. The first-order chi connectivity index (χ1) is 14.4. The highest BCUT2D eigenvalue weighted by Gasteiger charge is 2.36. The van der Waals surface area contributed by atoms with Gasteiger partial charge in [-0.25, -0.2) is 4.98 Å². The summed E-state index contributed by atoms with van der Waals surface area (Å²) in [6.07, 6.45) is 5.37. The van der Waals surface area contributed by atoms with E-state index in [4.69, 9.17) is 16.3 Å². The number of nitrogens with zero attached hydrogens (tertiary/aromatic N) is 3. The maximum absolute atomic E-state index is 12.8. The molecule has 0 bridgehead atoms. The lowest BCUT2D eigenvalue weighted by Gasteiger charge is -2.20. The number of anilines is 1. The number of aryl methyl sites for hydroxylation is 1. The molecule has 0 radical (unpaired) electrons. The Labute approximate surface area is 181 Å². The number of fused-ring (bicyclic) bond motifs is 1. The maximum atomic E-state index is 12.8. The maximum Gasteiger partial charge on any atom is 0.304 e. The minimum Gasteiger partial charge on any atom is -0.494 e. The van der Waals surface area contributed by atoms with E-state index in [-0.39, 0.29) is 10.9 Å². The van der Waals surface area contributed by atoms with Gasteiger partial charge in [-0.3, -0.25) is 9.10 Å². The zero-order chi connectivity index (χ0) is 21.1. The van der Waals surface area contributed by atoms with Gasteiger partial charge in [0.1, 0.15) is 10.9 Å². The molecule has 1 fully saturated rings. The fourth-order valence-electron chi connectivity index (χ4n) is 3.89. The number of ketones is 1. The average molecular weight is 450 g/mol. The van der Waals surface area contributed by atoms with Crippen LogP contribution in [0.1, 0.15) is 41.6 Å². The molecule has 9 heteroatoms. The third kappa shape index (κ3) is 4.45. The van der Waals surface area contributed by atoms with E-state index in [0.29, 0.717) is 38.3 Å². The van der Waals surface area contributed by atoms with Crippen LogP contribution in [0.3, 0.4) is 0 Å². The SMILES string of the molecule is O=C1CCc2cc(OCCCCCN3CCN(c4ccnc(Cl)c4)S3(=O)=O)ccc21. The van der Waals surface area contributed by atoms with Gasteiger partial charge < -0.3 is 4.74 Å². The van der Waals surface area contributed by atoms with Gasteiger partial charge >= 0.3 is 10.2 Å². The van der Waals surface area contributed by atoms with Crippen LogP contribution in [0.15, 0.2) is 36.5 Å². The van der Waals surface area contributed by atoms with Crippen LogP contribution in [0.25, 0.3) is 0 Å². The van der Waals surface area contributed by atoms with Crippen LogP contribution in [0.4, 0.5) is 5.69 Å². The molecule has 1 aliphatic heterocycles. The fraction of sp³-hybridized carbons (Fsp3) is 0.429. The summed E-state index contributed by atoms with van der Waals surface area (Å²) in [6.45, 7) is 1.93. The van der Waals surface area contributed by atoms with Gasteiger partial charge in [0.05, 0.1) is 12.3 Å². The number of hydrogen-bond acceptors (Lipinski definition) is 5. The van der Waals surface area contributed by atoms with Gasteiger partial charge in [0.25, 0.3) is 0 Å². The molecule has 2 heterocycles. The quantitative estimate of drug-likeness (QED) is 0.455. The van der Waals surface area contributed by atoms with E-state index in [1.165, 1.54) is 14.8 Å². The number of carbonyl (C=O) groups excluding carboxylic acids is 1. The van der Waals surface area contributed by atoms with E-state index >= 15 is 0 Å². The van der Waals surface area contributed by atoms with Crippen LogP contribution < -0.4 is 9.04 Å². The molecule has 1 aromatic heterocycles. The van der Waals surface area contributed by atoms with Gasteiger partial charge in [-0.05, 0) is 61.6 Å². The van der Waals surface area contributed by atoms with E-state index in [2.05, 4.69) is 4.98 Å². The number of benzene rings is 1. The fourth-order valence-corrected chi connectivity index (χ4v) is 5.70. The van der Waals surface area contributed by atoms with Crippen molar-refractivity contribution >= 4 is 33.3 Å². The summed E-state index contributed by atoms with van der Waals surface area (Å²) in [5.41, 5.74) is 2.43. The average Bonchev–Trinajstić information content (AvgIpc) is 3.23. The van der Waals surface area contributed by atoms with Crippen molar-refractivity contribution in [2.75, 3.05) is 30.5 Å². The van der Waals surface area contributed by atoms with Crippen LogP contribution >= 0.6 is 11.6 Å². The normalized spacial score (nSPS) is 18.0. The molecule has 0 N–H and O–H groups in total. The van der Waals surface area contributed by atoms with Crippen molar-refractivity contribution in [1.82, 2.24) is 9.29 Å². The van der Waals surface area contributed by atoms with Crippen molar-refractivity contribution < 1.29 is 17.9 Å². The molecule has 4 rings (SSSR count). The standard InChI is InChI=1S/C21H24ClN3O4S/c22-21-15-17(8-9-23-21)25-12-11-24(30(25,27)28)10-2-1-3-13-29-18-5-6-19-16(14-18)4-7-20(19)26/h5-6,8-9,14-15H,1-4,7,10-13H2. The number of carbonyl (C=O) groups is 1. The van der Waals surface area contributed by atoms with E-state index in [1.54, 1.807) is 12.1 Å². The van der Waals surface area contributed by atoms with Crippen molar-refractivity contribution in [3.05, 3.63) is 52.8 Å². The second-order valence-electron chi connectivity index (χ2n) is 7.47. The topological polar surface area (TPSA) is 79.8 Å². The van der Waals surface area contributed by atoms with Crippen molar-refractivity contribution in [2.24, 2.45) is 0 Å². The van der Waals surface area contributed by atoms with E-state index in [9.17, 15) is 13.2 Å². The molecular weight excluding hydrogens is 426 g/mol. The van der Waals surface area contributed by atoms with Crippen LogP contribution in [0.2, 0.25) is 5.15 Å². The molecule has 0 saturated carbocycles. The molecule has 1 aromatic carbocycles. The number of Topliss-reactive ketones (excluding diaryl/α,β-unsaturated/α-hetero) is 1. The summed E-state index contributed by atoms with van der Waals surface area (Å²) in [5, 5.41) is 0.274. The predicted octanol–water partition coefficient (Wildman–Crippen LogP) is 3.48. The molecule has 2 aliphatic rings. The highest BCUT2D eigenvalue weighted by Crippen LogP contribution is 2.27. The molecule has 1 aliphatic carbocycles. The summed E-state index contributed by atoms with van der Waals surface area (Å²) >= 11 is 5.89. The van der Waals surface area contributed by atoms with Gasteiger partial charge in [-0.1, -0.05) is 11.6 Å². The van der Waals surface area contributed by atoms with Gasteiger partial charge in [0.15, 0.2) is 5.78 Å². The number of aromatic nitrogens is 1. The first-order valence-corrected chi connectivity index (χ1v) is 11.9. The zero-order valence-corrected chi connectivity index (χ0v) is 18.2. The summed E-state index contributed by atoms with van der Waals surface area (Å²) in [6, 6.07) is 8.86. The molecule has 30 heavy (non-hydrogen) atoms. The Bertz CT molecular complexity index is 1040. The van der Waals surface area contributed by atoms with E-state index in [0.717, 1.165) is 42.6 Å². The zero-order valence-electron chi connectivity index (χ0n) is 16.6. The predicted molar refractivity (Wildman–Crippen MR) is 116 cm³/mol. The highest BCUT2D eigenvalue weighted by molar-refractivity contribution is 7.90. The Morgan fingerprint density at radius 2 is 1.93 bits per heavy atom. The second kappa shape index (κ2) is 8.91. The van der Waals surface area contributed by atoms with Crippen molar-refractivity contribution in [3.63, 3.8) is 0 Å². The summed E-state index contributed by atoms with van der Waals surface area (Å²) in [5.74, 6) is 0.997. The van der Waals surface area contributed by atoms with Gasteiger partial charge in [0, 0.05) is 37.8 Å². The van der Waals surface area contributed by atoms with Crippen LogP contribution in [0.5, 0.6) is 5.75 Å². The van der Waals surface area contributed by atoms with E-state index < -0.39 is 10.2 Å². The van der Waals surface area contributed by atoms with Gasteiger partial charge in [-0.15, -0.1) is 0 Å². The molecule has 0 amide bonds. The molecule has 0 atom stereocenters. The molecule has 2 aromatic rings. The number of hydrogen-bond donors (Lipinski definition) is 0. The van der Waals surface area contributed by atoms with Crippen LogP contribution in [-0.4, -0.2) is 49.7 Å². The lowest BCUT2D eigenvalue weighted by Crippen LogP contribution is -2.33. The van der Waals surface area contributed by atoms with E-state index in [1.807, 2.05) is 18.2 Å². The smallest absolute Gasteiger partial charge is 0.304 e. The van der Waals surface area contributed by atoms with Crippen LogP contribution in [-0.2, 0) is 16.6 Å². The molecule has 7 nitrogen and oxygen atoms in total. The second-order valence-corrected chi connectivity index (χ2v) is 9.71. The molecule has 160 valence electrons. The molecular formula is C21H24ClN3O4S. The Balaban J connectivity index is 1.20. The lowest BCUT2D eigenvalue weighted by molar-refractivity contribution is 0.0994. The Morgan fingerprint density at radius 1 is 1.07 bits per heavy atom. The third-order valence-corrected chi connectivity index (χ3v) is 7.65. The van der Waals surface area contributed by atoms with Crippen molar-refractivity contribution in [1.29, 1.82) is 0 Å². The number of halogens is 1. The summed E-state index contributed by atoms with van der Waals surface area (Å²) < 4.78 is 34.2. The molecule has 1 saturated heterocycles. The number of unbranched alkanes of at least 4 members (excludes halogenated alkanes) is 2. The van der Waals surface area contributed by atoms with Crippen molar-refractivity contribution in [3.8, 4) is 5.75 Å². The Hall–Kier alpha value is -2.16. The number of rotatable bonds is 8. The number of pyridine rings is 1. The van der Waals surface area contributed by atoms with Crippen molar-refractivity contribution in [2.45, 2.75) is 32.1 Å². The van der Waals surface area contributed by atoms with Gasteiger partial charge in [-0.2, -0.15) is 12.7 Å². The third-order valence-electron chi connectivity index (χ3n) is 5.47. The monoisotopic (exact) mass is 449 g/mol. The Morgan fingerprint density at radius 3 is 2.77 bits per heavy atom. The first-order valence-electron chi connectivity index (χ1n) is 10.1. The number of ether oxygens (including phenoxy) is 1. The summed E-state index contributed by atoms with van der Waals surface area (Å²) in [7, 11) is -3.52. The largest absolute Gasteiger partial charge is 0.494 e.